The molecule has 100 valence electrons. The molecule has 7 heteroatoms. The molecule has 19 heavy (non-hydrogen) atoms. The van der Waals surface area contributed by atoms with Gasteiger partial charge in [0.25, 0.3) is 5.56 Å². The molecule has 0 unspecified atom stereocenters. The van der Waals surface area contributed by atoms with Crippen LogP contribution in [-0.4, -0.2) is 9.55 Å². The van der Waals surface area contributed by atoms with Gasteiger partial charge in [0.05, 0.1) is 6.54 Å². The summed E-state index contributed by atoms with van der Waals surface area (Å²) in [5.41, 5.74) is -1.17. The molecule has 2 rings (SSSR count). The average molecular weight is 287 g/mol. The molecule has 0 amide bonds. The van der Waals surface area contributed by atoms with E-state index in [1.165, 1.54) is 13.0 Å². The van der Waals surface area contributed by atoms with Crippen molar-refractivity contribution in [2.45, 2.75) is 13.5 Å². The molecule has 4 nitrogen and oxygen atoms in total. The summed E-state index contributed by atoms with van der Waals surface area (Å²) in [6.45, 7) is 1.15. The lowest BCUT2D eigenvalue weighted by Crippen LogP contribution is -2.37. The number of benzene rings is 1. The monoisotopic (exact) mass is 286 g/mol. The van der Waals surface area contributed by atoms with Gasteiger partial charge in [-0.1, -0.05) is 17.7 Å². The van der Waals surface area contributed by atoms with Crippen molar-refractivity contribution >= 4 is 11.6 Å². The zero-order valence-electron chi connectivity index (χ0n) is 9.84. The van der Waals surface area contributed by atoms with Crippen molar-refractivity contribution in [2.75, 3.05) is 0 Å². The first-order valence-electron chi connectivity index (χ1n) is 5.33. The Labute approximate surface area is 111 Å². The largest absolute Gasteiger partial charge is 0.329 e. The number of hydrogen-bond donors (Lipinski definition) is 1. The fraction of sp³-hybridized carbons (Fsp3) is 0.167. The topological polar surface area (TPSA) is 54.9 Å². The first-order valence-corrected chi connectivity index (χ1v) is 5.71. The lowest BCUT2D eigenvalue weighted by Gasteiger charge is -2.07. The minimum absolute atomic E-state index is 0.0377. The van der Waals surface area contributed by atoms with Gasteiger partial charge >= 0.3 is 5.69 Å². The number of H-pyrrole nitrogens is 1. The molecule has 0 aliphatic carbocycles. The van der Waals surface area contributed by atoms with Crippen molar-refractivity contribution < 1.29 is 8.78 Å². The number of halogens is 3. The van der Waals surface area contributed by atoms with Gasteiger partial charge in [0, 0.05) is 17.2 Å². The summed E-state index contributed by atoms with van der Waals surface area (Å²) in [5, 5.41) is -0.0502. The Morgan fingerprint density at radius 2 is 2.00 bits per heavy atom. The van der Waals surface area contributed by atoms with Gasteiger partial charge in [0.15, 0.2) is 0 Å². The van der Waals surface area contributed by atoms with Gasteiger partial charge in [-0.2, -0.15) is 0 Å². The van der Waals surface area contributed by atoms with E-state index in [1.54, 1.807) is 0 Å². The quantitative estimate of drug-likeness (QED) is 0.856. The fourth-order valence-electron chi connectivity index (χ4n) is 1.61. The SMILES string of the molecule is Cc1c(Cl)[nH]c(=O)n(Cc2ccc(F)cc2F)c1=O. The second-order valence-electron chi connectivity index (χ2n) is 4.00. The van der Waals surface area contributed by atoms with Crippen LogP contribution in [0.15, 0.2) is 27.8 Å². The molecule has 0 bridgehead atoms. The number of aromatic amines is 1. The van der Waals surface area contributed by atoms with Crippen LogP contribution in [0.25, 0.3) is 0 Å². The summed E-state index contributed by atoms with van der Waals surface area (Å²) in [6, 6.07) is 2.93. The minimum atomic E-state index is -0.820. The van der Waals surface area contributed by atoms with Gasteiger partial charge in [-0.05, 0) is 13.0 Å². The summed E-state index contributed by atoms with van der Waals surface area (Å²) in [6.07, 6.45) is 0. The zero-order chi connectivity index (χ0) is 14.2. The highest BCUT2D eigenvalue weighted by molar-refractivity contribution is 6.30. The van der Waals surface area contributed by atoms with Crippen molar-refractivity contribution in [3.05, 3.63) is 67.0 Å². The van der Waals surface area contributed by atoms with Crippen LogP contribution in [0, 0.1) is 18.6 Å². The van der Waals surface area contributed by atoms with E-state index in [9.17, 15) is 18.4 Å². The van der Waals surface area contributed by atoms with Crippen LogP contribution in [0.1, 0.15) is 11.1 Å². The summed E-state index contributed by atoms with van der Waals surface area (Å²) >= 11 is 5.65. The predicted octanol–water partition coefficient (Wildman–Crippen LogP) is 1.82. The normalized spacial score (nSPS) is 10.7. The second-order valence-corrected chi connectivity index (χ2v) is 4.37. The molecule has 2 aromatic rings. The van der Waals surface area contributed by atoms with Gasteiger partial charge in [-0.3, -0.25) is 14.3 Å². The first-order chi connectivity index (χ1) is 8.90. The number of nitrogens with zero attached hydrogens (tertiary/aromatic N) is 1. The Morgan fingerprint density at radius 1 is 1.32 bits per heavy atom. The maximum Gasteiger partial charge on any atom is 0.329 e. The van der Waals surface area contributed by atoms with E-state index in [0.717, 1.165) is 10.6 Å². The van der Waals surface area contributed by atoms with Gasteiger partial charge in [0.1, 0.15) is 16.8 Å². The van der Waals surface area contributed by atoms with Crippen molar-refractivity contribution in [2.24, 2.45) is 0 Å². The molecule has 0 saturated carbocycles. The molecule has 0 saturated heterocycles. The molecular weight excluding hydrogens is 278 g/mol. The van der Waals surface area contributed by atoms with E-state index in [1.807, 2.05) is 0 Å². The van der Waals surface area contributed by atoms with Gasteiger partial charge in [0.2, 0.25) is 0 Å². The molecule has 0 spiro atoms. The second kappa shape index (κ2) is 4.97. The molecule has 1 aromatic heterocycles. The third-order valence-corrected chi connectivity index (χ3v) is 3.08. The van der Waals surface area contributed by atoms with Crippen molar-refractivity contribution in [1.82, 2.24) is 9.55 Å². The first kappa shape index (κ1) is 13.5. The summed E-state index contributed by atoms with van der Waals surface area (Å²) in [4.78, 5) is 25.8. The number of rotatable bonds is 2. The lowest BCUT2D eigenvalue weighted by atomic mass is 10.2. The Kier molecular flexibility index (Phi) is 3.53. The Bertz CT molecular complexity index is 752. The van der Waals surface area contributed by atoms with E-state index in [-0.39, 0.29) is 22.8 Å². The van der Waals surface area contributed by atoms with Gasteiger partial charge in [-0.15, -0.1) is 0 Å². The van der Waals surface area contributed by atoms with E-state index < -0.39 is 22.9 Å². The predicted molar refractivity (Wildman–Crippen MR) is 66.5 cm³/mol. The molecular formula is C12H9ClF2N2O2. The number of hydrogen-bond acceptors (Lipinski definition) is 2. The maximum atomic E-state index is 13.5. The highest BCUT2D eigenvalue weighted by Gasteiger charge is 2.11. The van der Waals surface area contributed by atoms with E-state index in [0.29, 0.717) is 6.07 Å². The molecule has 1 N–H and O–H groups in total. The standard InChI is InChI=1S/C12H9ClF2N2O2/c1-6-10(13)16-12(19)17(11(6)18)5-7-2-3-8(14)4-9(7)15/h2-4H,5H2,1H3,(H,16,19). The van der Waals surface area contributed by atoms with Crippen LogP contribution in [0.3, 0.4) is 0 Å². The number of nitrogens with one attached hydrogen (secondary N) is 1. The summed E-state index contributed by atoms with van der Waals surface area (Å²) in [5.74, 6) is -1.55. The molecule has 1 aromatic carbocycles. The van der Waals surface area contributed by atoms with Gasteiger partial charge < -0.3 is 0 Å². The Hall–Kier alpha value is -1.95. The highest BCUT2D eigenvalue weighted by Crippen LogP contribution is 2.10. The highest BCUT2D eigenvalue weighted by atomic mass is 35.5. The van der Waals surface area contributed by atoms with E-state index in [4.69, 9.17) is 11.6 Å². The summed E-state index contributed by atoms with van der Waals surface area (Å²) in [7, 11) is 0. The summed E-state index contributed by atoms with van der Waals surface area (Å²) < 4.78 is 27.1. The third kappa shape index (κ3) is 2.58. The van der Waals surface area contributed by atoms with E-state index >= 15 is 0 Å². The molecule has 0 aliphatic heterocycles. The van der Waals surface area contributed by atoms with Crippen LogP contribution in [0.5, 0.6) is 0 Å². The van der Waals surface area contributed by atoms with Crippen molar-refractivity contribution in [1.29, 1.82) is 0 Å². The lowest BCUT2D eigenvalue weighted by molar-refractivity contribution is 0.560. The van der Waals surface area contributed by atoms with Crippen LogP contribution in [0.4, 0.5) is 8.78 Å². The molecule has 0 aliphatic rings. The van der Waals surface area contributed by atoms with Crippen molar-refractivity contribution in [3.8, 4) is 0 Å². The van der Waals surface area contributed by atoms with Gasteiger partial charge in [-0.25, -0.2) is 13.6 Å². The van der Waals surface area contributed by atoms with Crippen LogP contribution < -0.4 is 11.2 Å². The smallest absolute Gasteiger partial charge is 0.297 e. The van der Waals surface area contributed by atoms with Crippen molar-refractivity contribution in [3.63, 3.8) is 0 Å². The molecule has 0 radical (unpaired) electrons. The molecule has 1 heterocycles. The fourth-order valence-corrected chi connectivity index (χ4v) is 1.77. The van der Waals surface area contributed by atoms with E-state index in [2.05, 4.69) is 4.98 Å². The maximum absolute atomic E-state index is 13.5. The molecule has 0 atom stereocenters. The average Bonchev–Trinajstić information content (AvgIpc) is 2.34. The van der Waals surface area contributed by atoms with Crippen LogP contribution in [-0.2, 0) is 6.54 Å². The third-order valence-electron chi connectivity index (χ3n) is 2.70. The minimum Gasteiger partial charge on any atom is -0.297 e. The van der Waals surface area contributed by atoms with Crippen LogP contribution >= 0.6 is 11.6 Å². The Balaban J connectivity index is 2.53. The van der Waals surface area contributed by atoms with Crippen LogP contribution in [0.2, 0.25) is 5.15 Å². The molecule has 0 fully saturated rings. The number of aromatic nitrogens is 2. The Morgan fingerprint density at radius 3 is 2.63 bits per heavy atom. The zero-order valence-corrected chi connectivity index (χ0v) is 10.6.